The molecule has 0 amide bonds. The third-order valence-corrected chi connectivity index (χ3v) is 9.29. The largest absolute Gasteiger partial charge is 0.453 e. The minimum atomic E-state index is -1.49. The Bertz CT molecular complexity index is 1130. The zero-order valence-electron chi connectivity index (χ0n) is 20.7. The minimum absolute atomic E-state index is 0.200. The monoisotopic (exact) mass is 478 g/mol. The summed E-state index contributed by atoms with van der Waals surface area (Å²) in [6, 6.07) is 9.42. The quantitative estimate of drug-likeness (QED) is 0.500. The van der Waals surface area contributed by atoms with E-state index in [-0.39, 0.29) is 17.8 Å². The minimum Gasteiger partial charge on any atom is -0.453 e. The fourth-order valence-electron chi connectivity index (χ4n) is 7.47. The van der Waals surface area contributed by atoms with Gasteiger partial charge in [0.25, 0.3) is 0 Å². The summed E-state index contributed by atoms with van der Waals surface area (Å²) in [5, 5.41) is 24.3. The van der Waals surface area contributed by atoms with E-state index in [0.717, 1.165) is 24.0 Å². The molecule has 5 rings (SSSR count). The molecule has 6 nitrogen and oxygen atoms in total. The van der Waals surface area contributed by atoms with Crippen LogP contribution in [0.1, 0.15) is 52.5 Å². The van der Waals surface area contributed by atoms with Crippen LogP contribution in [0.15, 0.2) is 59.9 Å². The number of carbonyl (C=O) groups excluding carboxylic acids is 2. The molecule has 1 aromatic carbocycles. The van der Waals surface area contributed by atoms with E-state index in [9.17, 15) is 19.8 Å². The highest BCUT2D eigenvalue weighted by atomic mass is 16.6. The number of hydrogen-bond acceptors (Lipinski definition) is 6. The van der Waals surface area contributed by atoms with Gasteiger partial charge < -0.3 is 19.7 Å². The first kappa shape index (κ1) is 24.0. The number of aliphatic hydroxyl groups is 2. The number of rotatable bonds is 3. The van der Waals surface area contributed by atoms with Gasteiger partial charge in [-0.15, -0.1) is 0 Å². The molecule has 186 valence electrons. The van der Waals surface area contributed by atoms with Crippen LogP contribution in [-0.4, -0.2) is 40.0 Å². The van der Waals surface area contributed by atoms with E-state index in [4.69, 9.17) is 9.47 Å². The van der Waals surface area contributed by atoms with Crippen LogP contribution < -0.4 is 0 Å². The Kier molecular flexibility index (Phi) is 5.61. The molecule has 35 heavy (non-hydrogen) atoms. The summed E-state index contributed by atoms with van der Waals surface area (Å²) in [7, 11) is 0. The Morgan fingerprint density at radius 3 is 2.60 bits per heavy atom. The van der Waals surface area contributed by atoms with Crippen molar-refractivity contribution in [2.24, 2.45) is 28.6 Å². The highest BCUT2D eigenvalue weighted by Gasteiger charge is 2.72. The fourth-order valence-corrected chi connectivity index (χ4v) is 7.47. The molecule has 2 fully saturated rings. The van der Waals surface area contributed by atoms with Crippen LogP contribution in [0.4, 0.5) is 0 Å². The summed E-state index contributed by atoms with van der Waals surface area (Å²) in [5.41, 5.74) is -1.20. The summed E-state index contributed by atoms with van der Waals surface area (Å²) in [5.74, 6) is -1.27. The van der Waals surface area contributed by atoms with Crippen LogP contribution in [0, 0.1) is 28.6 Å². The summed E-state index contributed by atoms with van der Waals surface area (Å²) in [4.78, 5) is 25.1. The maximum atomic E-state index is 13.0. The molecular formula is C29H34O6. The average molecular weight is 479 g/mol. The molecule has 2 saturated carbocycles. The summed E-state index contributed by atoms with van der Waals surface area (Å²) in [6.45, 7) is 7.97. The highest BCUT2D eigenvalue weighted by Crippen LogP contribution is 2.67. The molecule has 0 saturated heterocycles. The van der Waals surface area contributed by atoms with Gasteiger partial charge in [0.05, 0.1) is 6.10 Å². The lowest BCUT2D eigenvalue weighted by atomic mass is 9.40. The number of benzene rings is 1. The van der Waals surface area contributed by atoms with E-state index in [2.05, 4.69) is 0 Å². The molecule has 0 radical (unpaired) electrons. The number of ether oxygens (including phenoxy) is 2. The third-order valence-electron chi connectivity index (χ3n) is 9.29. The van der Waals surface area contributed by atoms with E-state index < -0.39 is 40.6 Å². The molecule has 4 aliphatic rings. The summed E-state index contributed by atoms with van der Waals surface area (Å²) >= 11 is 0. The lowest BCUT2D eigenvalue weighted by Crippen LogP contribution is -2.76. The van der Waals surface area contributed by atoms with Crippen LogP contribution in [0.25, 0.3) is 6.08 Å². The first-order valence-electron chi connectivity index (χ1n) is 12.5. The zero-order chi connectivity index (χ0) is 25.2. The smallest absolute Gasteiger partial charge is 0.336 e. The van der Waals surface area contributed by atoms with Crippen molar-refractivity contribution < 1.29 is 29.3 Å². The maximum absolute atomic E-state index is 13.0. The molecule has 1 aromatic rings. The molecule has 2 N–H and O–H groups in total. The molecule has 1 aliphatic heterocycles. The summed E-state index contributed by atoms with van der Waals surface area (Å²) in [6.07, 6.45) is 6.53. The Morgan fingerprint density at radius 1 is 1.17 bits per heavy atom. The van der Waals surface area contributed by atoms with Crippen LogP contribution in [0.2, 0.25) is 0 Å². The molecule has 0 unspecified atom stereocenters. The number of esters is 2. The average Bonchev–Trinajstić information content (AvgIpc) is 3.19. The van der Waals surface area contributed by atoms with Gasteiger partial charge in [-0.2, -0.15) is 0 Å². The molecule has 0 aromatic heterocycles. The van der Waals surface area contributed by atoms with Crippen molar-refractivity contribution in [3.8, 4) is 0 Å². The molecule has 1 heterocycles. The topological polar surface area (TPSA) is 93.1 Å². The van der Waals surface area contributed by atoms with E-state index in [1.165, 1.54) is 12.2 Å². The van der Waals surface area contributed by atoms with Crippen molar-refractivity contribution in [1.82, 2.24) is 0 Å². The maximum Gasteiger partial charge on any atom is 0.336 e. The second-order valence-electron chi connectivity index (χ2n) is 11.5. The molecule has 0 spiro atoms. The molecule has 0 bridgehead atoms. The Balaban J connectivity index is 1.57. The van der Waals surface area contributed by atoms with Gasteiger partial charge in [-0.3, -0.25) is 0 Å². The van der Waals surface area contributed by atoms with Crippen LogP contribution >= 0.6 is 0 Å². The Morgan fingerprint density at radius 2 is 1.89 bits per heavy atom. The van der Waals surface area contributed by atoms with Crippen LogP contribution in [0.3, 0.4) is 0 Å². The predicted octanol–water partition coefficient (Wildman–Crippen LogP) is 4.18. The van der Waals surface area contributed by atoms with E-state index in [1.807, 2.05) is 64.1 Å². The lowest BCUT2D eigenvalue weighted by molar-refractivity contribution is -0.310. The van der Waals surface area contributed by atoms with Crippen molar-refractivity contribution in [3.63, 3.8) is 0 Å². The number of aliphatic hydroxyl groups excluding tert-OH is 1. The van der Waals surface area contributed by atoms with Crippen molar-refractivity contribution >= 4 is 18.0 Å². The first-order chi connectivity index (χ1) is 16.5. The van der Waals surface area contributed by atoms with Crippen molar-refractivity contribution in [3.05, 3.63) is 65.5 Å². The SMILES string of the molecule is C[C@H]1C2=CC(=O)OC2=C[C@H]2[C@H]1[C@@H](O)[C@@H](OC(=O)/C=C/c1ccccc1)[C@@]1(O)C(C)(C)CCC[C@]21C. The summed E-state index contributed by atoms with van der Waals surface area (Å²) < 4.78 is 11.4. The van der Waals surface area contributed by atoms with Crippen molar-refractivity contribution in [1.29, 1.82) is 0 Å². The zero-order valence-corrected chi connectivity index (χ0v) is 20.7. The van der Waals surface area contributed by atoms with Gasteiger partial charge in [0.1, 0.15) is 11.4 Å². The Labute approximate surface area is 206 Å². The van der Waals surface area contributed by atoms with E-state index >= 15 is 0 Å². The van der Waals surface area contributed by atoms with Gasteiger partial charge in [-0.1, -0.05) is 64.4 Å². The van der Waals surface area contributed by atoms with Gasteiger partial charge in [0.2, 0.25) is 0 Å². The lowest BCUT2D eigenvalue weighted by Gasteiger charge is -2.68. The molecule has 6 heteroatoms. The highest BCUT2D eigenvalue weighted by molar-refractivity contribution is 5.89. The van der Waals surface area contributed by atoms with Crippen molar-refractivity contribution in [2.45, 2.75) is 64.8 Å². The predicted molar refractivity (Wildman–Crippen MR) is 130 cm³/mol. The van der Waals surface area contributed by atoms with E-state index in [0.29, 0.717) is 12.2 Å². The van der Waals surface area contributed by atoms with Crippen LogP contribution in [-0.2, 0) is 19.1 Å². The molecular weight excluding hydrogens is 444 g/mol. The molecule has 7 atom stereocenters. The second kappa shape index (κ2) is 8.17. The van der Waals surface area contributed by atoms with Gasteiger partial charge in [0.15, 0.2) is 6.10 Å². The normalized spacial score (nSPS) is 39.6. The van der Waals surface area contributed by atoms with Gasteiger partial charge in [-0.25, -0.2) is 9.59 Å². The number of carbonyl (C=O) groups is 2. The second-order valence-corrected chi connectivity index (χ2v) is 11.5. The standard InChI is InChI=1S/C29H34O6/c1-17-19-15-23(31)34-21(19)16-20-24(17)25(32)26(29(33)27(2,3)13-8-14-28(20,29)4)35-22(30)12-11-18-9-6-5-7-10-18/h5-7,9-12,15-17,20,24-26,32-33H,8,13-14H2,1-4H3/b12-11+/t17-,20-,24-,25+,26+,28+,29+/m0/s1. The van der Waals surface area contributed by atoms with Gasteiger partial charge in [-0.05, 0) is 47.8 Å². The van der Waals surface area contributed by atoms with Crippen LogP contribution in [0.5, 0.6) is 0 Å². The number of fused-ring (bicyclic) bond motifs is 4. The first-order valence-corrected chi connectivity index (χ1v) is 12.5. The fraction of sp³-hybridized carbons (Fsp3) is 0.517. The van der Waals surface area contributed by atoms with Gasteiger partial charge in [0, 0.05) is 29.1 Å². The van der Waals surface area contributed by atoms with Crippen molar-refractivity contribution in [2.75, 3.05) is 0 Å². The van der Waals surface area contributed by atoms with Gasteiger partial charge >= 0.3 is 11.9 Å². The number of hydrogen-bond donors (Lipinski definition) is 2. The van der Waals surface area contributed by atoms with E-state index in [1.54, 1.807) is 6.08 Å². The molecule has 3 aliphatic carbocycles. The Hall–Kier alpha value is -2.70. The number of allylic oxidation sites excluding steroid dienone is 2. The third kappa shape index (κ3) is 3.45.